The molecule has 0 unspecified atom stereocenters. The van der Waals surface area contributed by atoms with Gasteiger partial charge in [-0.1, -0.05) is 12.1 Å². The topological polar surface area (TPSA) is 60.3 Å². The van der Waals surface area contributed by atoms with Crippen LogP contribution in [0.2, 0.25) is 0 Å². The fraction of sp³-hybridized carbons (Fsp3) is 0.158. The van der Waals surface area contributed by atoms with Gasteiger partial charge in [0.1, 0.15) is 12.3 Å². The van der Waals surface area contributed by atoms with Gasteiger partial charge < -0.3 is 14.6 Å². The van der Waals surface area contributed by atoms with E-state index in [1.807, 2.05) is 36.4 Å². The van der Waals surface area contributed by atoms with Crippen LogP contribution in [0.15, 0.2) is 59.5 Å². The molecule has 3 aromatic rings. The van der Waals surface area contributed by atoms with Gasteiger partial charge in [0.25, 0.3) is 0 Å². The second-order valence-electron chi connectivity index (χ2n) is 5.79. The first-order valence-electron chi connectivity index (χ1n) is 7.84. The van der Waals surface area contributed by atoms with Crippen LogP contribution in [-0.4, -0.2) is 17.1 Å². The van der Waals surface area contributed by atoms with Gasteiger partial charge in [0, 0.05) is 29.8 Å². The van der Waals surface area contributed by atoms with Crippen LogP contribution in [0.3, 0.4) is 0 Å². The number of amides is 1. The van der Waals surface area contributed by atoms with Crippen LogP contribution < -0.4 is 15.5 Å². The molecule has 2 heterocycles. The van der Waals surface area contributed by atoms with Crippen molar-refractivity contribution in [3.63, 3.8) is 0 Å². The highest BCUT2D eigenvalue weighted by Gasteiger charge is 2.13. The van der Waals surface area contributed by atoms with Crippen LogP contribution in [0.5, 0.6) is 5.75 Å². The minimum atomic E-state index is -0.136. The van der Waals surface area contributed by atoms with Crippen molar-refractivity contribution in [3.8, 4) is 5.75 Å². The van der Waals surface area contributed by atoms with Crippen molar-refractivity contribution in [2.75, 3.05) is 11.9 Å². The molecule has 5 nitrogen and oxygen atoms in total. The summed E-state index contributed by atoms with van der Waals surface area (Å²) in [6.45, 7) is 0.838. The summed E-state index contributed by atoms with van der Waals surface area (Å²) in [7, 11) is 0. The lowest BCUT2D eigenvalue weighted by atomic mass is 10.1. The highest BCUT2D eigenvalue weighted by atomic mass is 16.5. The minimum Gasteiger partial charge on any atom is -0.493 e. The largest absolute Gasteiger partial charge is 0.493 e. The molecular formula is C19H16N2O3. The third-order valence-corrected chi connectivity index (χ3v) is 4.17. The molecule has 1 aliphatic heterocycles. The van der Waals surface area contributed by atoms with Crippen LogP contribution in [-0.2, 0) is 17.8 Å². The highest BCUT2D eigenvalue weighted by Crippen LogP contribution is 2.27. The van der Waals surface area contributed by atoms with E-state index >= 15 is 0 Å². The molecule has 1 N–H and O–H groups in total. The molecule has 120 valence electrons. The number of benzene rings is 2. The van der Waals surface area contributed by atoms with Crippen LogP contribution in [0.4, 0.5) is 5.69 Å². The van der Waals surface area contributed by atoms with Gasteiger partial charge in [-0.05, 0) is 35.9 Å². The maximum Gasteiger partial charge on any atom is 0.244 e. The first-order valence-corrected chi connectivity index (χ1v) is 7.84. The first-order chi connectivity index (χ1) is 11.7. The Morgan fingerprint density at radius 1 is 1.17 bits per heavy atom. The van der Waals surface area contributed by atoms with E-state index in [1.54, 1.807) is 16.8 Å². The summed E-state index contributed by atoms with van der Waals surface area (Å²) in [4.78, 5) is 24.3. The van der Waals surface area contributed by atoms with E-state index in [1.165, 1.54) is 6.07 Å². The number of nitrogens with one attached hydrogen (secondary N) is 1. The van der Waals surface area contributed by atoms with Crippen molar-refractivity contribution in [1.82, 2.24) is 4.57 Å². The molecule has 0 saturated heterocycles. The number of nitrogens with zero attached hydrogens (tertiary/aromatic N) is 1. The number of carbonyl (C=O) groups excluding carboxylic acids is 1. The average Bonchev–Trinajstić information content (AvgIpc) is 3.05. The molecule has 0 fully saturated rings. The summed E-state index contributed by atoms with van der Waals surface area (Å²) < 4.78 is 7.25. The third kappa shape index (κ3) is 2.65. The molecular weight excluding hydrogens is 304 g/mol. The van der Waals surface area contributed by atoms with Gasteiger partial charge in [0.05, 0.1) is 12.1 Å². The Hall–Kier alpha value is -3.08. The van der Waals surface area contributed by atoms with Gasteiger partial charge in [-0.3, -0.25) is 9.59 Å². The van der Waals surface area contributed by atoms with Gasteiger partial charge in [0.15, 0.2) is 5.43 Å². The van der Waals surface area contributed by atoms with Crippen molar-refractivity contribution in [2.45, 2.75) is 13.0 Å². The SMILES string of the molecule is O=C(Cn1ccc(=O)c2ccccc21)Nc1ccc2c(c1)CCO2. The van der Waals surface area contributed by atoms with Gasteiger partial charge in [-0.25, -0.2) is 0 Å². The summed E-state index contributed by atoms with van der Waals surface area (Å²) in [5.41, 5.74) is 2.58. The number of ether oxygens (including phenoxy) is 1. The van der Waals surface area contributed by atoms with Gasteiger partial charge in [-0.2, -0.15) is 0 Å². The van der Waals surface area contributed by atoms with Crippen molar-refractivity contribution in [3.05, 3.63) is 70.5 Å². The zero-order valence-corrected chi connectivity index (χ0v) is 13.0. The molecule has 24 heavy (non-hydrogen) atoms. The predicted molar refractivity (Wildman–Crippen MR) is 92.5 cm³/mol. The number of para-hydroxylation sites is 1. The van der Waals surface area contributed by atoms with E-state index in [-0.39, 0.29) is 17.9 Å². The number of fused-ring (bicyclic) bond motifs is 2. The summed E-state index contributed by atoms with van der Waals surface area (Å²) in [6.07, 6.45) is 2.52. The highest BCUT2D eigenvalue weighted by molar-refractivity contribution is 5.92. The summed E-state index contributed by atoms with van der Waals surface area (Å²) in [5.74, 6) is 0.752. The fourth-order valence-corrected chi connectivity index (χ4v) is 3.02. The number of hydrogen-bond donors (Lipinski definition) is 1. The number of rotatable bonds is 3. The number of carbonyl (C=O) groups is 1. The second kappa shape index (κ2) is 5.85. The number of hydrogen-bond acceptors (Lipinski definition) is 3. The van der Waals surface area contributed by atoms with Crippen LogP contribution in [0.25, 0.3) is 10.9 Å². The molecule has 2 aromatic carbocycles. The van der Waals surface area contributed by atoms with Gasteiger partial charge in [-0.15, -0.1) is 0 Å². The van der Waals surface area contributed by atoms with Gasteiger partial charge >= 0.3 is 0 Å². The maximum absolute atomic E-state index is 12.4. The normalized spacial score (nSPS) is 12.7. The van der Waals surface area contributed by atoms with Crippen molar-refractivity contribution in [1.29, 1.82) is 0 Å². The lowest BCUT2D eigenvalue weighted by Gasteiger charge is -2.11. The molecule has 4 rings (SSSR count). The van der Waals surface area contributed by atoms with E-state index in [4.69, 9.17) is 4.74 Å². The molecule has 1 amide bonds. The number of anilines is 1. The number of aromatic nitrogens is 1. The van der Waals surface area contributed by atoms with E-state index in [2.05, 4.69) is 5.32 Å². The van der Waals surface area contributed by atoms with E-state index < -0.39 is 0 Å². The molecule has 0 radical (unpaired) electrons. The smallest absolute Gasteiger partial charge is 0.244 e. The molecule has 0 bridgehead atoms. The lowest BCUT2D eigenvalue weighted by molar-refractivity contribution is -0.116. The lowest BCUT2D eigenvalue weighted by Crippen LogP contribution is -2.20. The molecule has 1 aromatic heterocycles. The maximum atomic E-state index is 12.4. The standard InChI is InChI=1S/C19H16N2O3/c22-17-7-9-21(16-4-2-1-3-15(16)17)12-19(23)20-14-5-6-18-13(11-14)8-10-24-18/h1-7,9,11H,8,10,12H2,(H,20,23). The molecule has 1 aliphatic rings. The third-order valence-electron chi connectivity index (χ3n) is 4.17. The Kier molecular flexibility index (Phi) is 3.54. The zero-order chi connectivity index (χ0) is 16.5. The van der Waals surface area contributed by atoms with Crippen LogP contribution in [0.1, 0.15) is 5.56 Å². The van der Waals surface area contributed by atoms with Gasteiger partial charge in [0.2, 0.25) is 5.91 Å². The monoisotopic (exact) mass is 320 g/mol. The molecule has 5 heteroatoms. The Labute approximate surface area is 138 Å². The summed E-state index contributed by atoms with van der Waals surface area (Å²) in [5, 5.41) is 3.52. The summed E-state index contributed by atoms with van der Waals surface area (Å²) in [6, 6.07) is 14.4. The Morgan fingerprint density at radius 3 is 2.96 bits per heavy atom. The molecule has 0 aliphatic carbocycles. The summed E-state index contributed by atoms with van der Waals surface area (Å²) >= 11 is 0. The van der Waals surface area contributed by atoms with Crippen LogP contribution >= 0.6 is 0 Å². The minimum absolute atomic E-state index is 0.0409. The molecule has 0 atom stereocenters. The van der Waals surface area contributed by atoms with E-state index in [9.17, 15) is 9.59 Å². The quantitative estimate of drug-likeness (QED) is 0.807. The first kappa shape index (κ1) is 14.5. The fourth-order valence-electron chi connectivity index (χ4n) is 3.02. The van der Waals surface area contributed by atoms with Crippen LogP contribution in [0, 0.1) is 0 Å². The predicted octanol–water partition coefficient (Wildman–Crippen LogP) is 2.58. The Bertz CT molecular complexity index is 991. The van der Waals surface area contributed by atoms with E-state index in [0.29, 0.717) is 12.0 Å². The average molecular weight is 320 g/mol. The molecule has 0 saturated carbocycles. The Morgan fingerprint density at radius 2 is 2.04 bits per heavy atom. The zero-order valence-electron chi connectivity index (χ0n) is 13.0. The second-order valence-corrected chi connectivity index (χ2v) is 5.79. The van der Waals surface area contributed by atoms with Crippen molar-refractivity contribution in [2.24, 2.45) is 0 Å². The molecule has 0 spiro atoms. The van der Waals surface area contributed by atoms with Crippen molar-refractivity contribution >= 4 is 22.5 Å². The van der Waals surface area contributed by atoms with E-state index in [0.717, 1.165) is 28.9 Å². The number of pyridine rings is 1. The van der Waals surface area contributed by atoms with Crippen molar-refractivity contribution < 1.29 is 9.53 Å². The Balaban J connectivity index is 1.57.